The number of hydrogen-bond acceptors (Lipinski definition) is 1. The summed E-state index contributed by atoms with van der Waals surface area (Å²) >= 11 is 0. The lowest BCUT2D eigenvalue weighted by Gasteiger charge is -1.98. The van der Waals surface area contributed by atoms with Crippen LogP contribution in [0.2, 0.25) is 0 Å². The Bertz CT molecular complexity index is 773. The SMILES string of the molecule is Cc1ccc2c3ccc(C#N)cc3n(C)c2c1. The molecule has 0 aliphatic heterocycles. The Morgan fingerprint density at radius 1 is 1.00 bits per heavy atom. The smallest absolute Gasteiger partial charge is 0.0992 e. The molecule has 1 heterocycles. The van der Waals surface area contributed by atoms with E-state index in [2.05, 4.69) is 35.8 Å². The third kappa shape index (κ3) is 1.33. The molecule has 0 N–H and O–H groups in total. The normalized spacial score (nSPS) is 10.9. The lowest BCUT2D eigenvalue weighted by atomic mass is 10.1. The average Bonchev–Trinajstić information content (AvgIpc) is 2.62. The molecule has 0 unspecified atom stereocenters. The molecular weight excluding hydrogens is 208 g/mol. The molecule has 82 valence electrons. The molecule has 0 fully saturated rings. The molecule has 2 heteroatoms. The molecule has 0 saturated heterocycles. The van der Waals surface area contributed by atoms with E-state index in [1.807, 2.05) is 25.2 Å². The Morgan fingerprint density at radius 2 is 1.65 bits per heavy atom. The van der Waals surface area contributed by atoms with E-state index >= 15 is 0 Å². The minimum absolute atomic E-state index is 0.708. The van der Waals surface area contributed by atoms with E-state index in [0.717, 1.165) is 5.52 Å². The van der Waals surface area contributed by atoms with Gasteiger partial charge in [-0.2, -0.15) is 5.26 Å². The van der Waals surface area contributed by atoms with Gasteiger partial charge in [0.1, 0.15) is 0 Å². The second kappa shape index (κ2) is 3.36. The van der Waals surface area contributed by atoms with Crippen molar-refractivity contribution in [2.24, 2.45) is 7.05 Å². The summed E-state index contributed by atoms with van der Waals surface area (Å²) in [6.07, 6.45) is 0. The minimum atomic E-state index is 0.708. The highest BCUT2D eigenvalue weighted by Gasteiger charge is 2.08. The molecule has 0 aliphatic rings. The van der Waals surface area contributed by atoms with E-state index < -0.39 is 0 Å². The fourth-order valence-corrected chi connectivity index (χ4v) is 2.38. The summed E-state index contributed by atoms with van der Waals surface area (Å²) in [7, 11) is 2.05. The van der Waals surface area contributed by atoms with E-state index in [0.29, 0.717) is 5.56 Å². The standard InChI is InChI=1S/C15H12N2/c1-10-3-5-12-13-6-4-11(9-16)8-15(13)17(2)14(12)7-10/h3-8H,1-2H3. The zero-order valence-corrected chi connectivity index (χ0v) is 9.86. The van der Waals surface area contributed by atoms with Gasteiger partial charge in [0.25, 0.3) is 0 Å². The topological polar surface area (TPSA) is 28.7 Å². The molecule has 2 aromatic carbocycles. The van der Waals surface area contributed by atoms with E-state index in [1.54, 1.807) is 0 Å². The lowest BCUT2D eigenvalue weighted by Crippen LogP contribution is -1.87. The number of nitriles is 1. The highest BCUT2D eigenvalue weighted by molar-refractivity contribution is 6.08. The molecule has 17 heavy (non-hydrogen) atoms. The first-order valence-corrected chi connectivity index (χ1v) is 5.59. The molecule has 0 radical (unpaired) electrons. The van der Waals surface area contributed by atoms with Crippen molar-refractivity contribution in [3.8, 4) is 6.07 Å². The van der Waals surface area contributed by atoms with Crippen molar-refractivity contribution in [3.63, 3.8) is 0 Å². The molecule has 0 aliphatic carbocycles. The zero-order valence-electron chi connectivity index (χ0n) is 9.86. The van der Waals surface area contributed by atoms with Gasteiger partial charge in [-0.05, 0) is 30.7 Å². The summed E-state index contributed by atoms with van der Waals surface area (Å²) in [5.41, 5.74) is 4.30. The van der Waals surface area contributed by atoms with Crippen LogP contribution in [0, 0.1) is 18.3 Å². The highest BCUT2D eigenvalue weighted by Crippen LogP contribution is 2.29. The van der Waals surface area contributed by atoms with Crippen LogP contribution in [0.25, 0.3) is 21.8 Å². The molecule has 0 bridgehead atoms. The maximum Gasteiger partial charge on any atom is 0.0992 e. The van der Waals surface area contributed by atoms with Crippen molar-refractivity contribution >= 4 is 21.8 Å². The summed E-state index contributed by atoms with van der Waals surface area (Å²) in [5, 5.41) is 11.4. The van der Waals surface area contributed by atoms with Crippen LogP contribution in [-0.4, -0.2) is 4.57 Å². The van der Waals surface area contributed by atoms with Gasteiger partial charge in [0.05, 0.1) is 17.1 Å². The second-order valence-corrected chi connectivity index (χ2v) is 4.42. The van der Waals surface area contributed by atoms with Crippen LogP contribution in [0.3, 0.4) is 0 Å². The van der Waals surface area contributed by atoms with E-state index in [1.165, 1.54) is 21.9 Å². The molecule has 3 aromatic rings. The van der Waals surface area contributed by atoms with Gasteiger partial charge in [0.2, 0.25) is 0 Å². The zero-order chi connectivity index (χ0) is 12.0. The van der Waals surface area contributed by atoms with Crippen LogP contribution in [0.5, 0.6) is 0 Å². The fourth-order valence-electron chi connectivity index (χ4n) is 2.38. The van der Waals surface area contributed by atoms with Crippen molar-refractivity contribution in [2.75, 3.05) is 0 Å². The monoisotopic (exact) mass is 220 g/mol. The largest absolute Gasteiger partial charge is 0.344 e. The summed E-state index contributed by atoms with van der Waals surface area (Å²) in [5.74, 6) is 0. The summed E-state index contributed by atoms with van der Waals surface area (Å²) in [6, 6.07) is 14.5. The third-order valence-corrected chi connectivity index (χ3v) is 3.29. The number of rotatable bonds is 0. The van der Waals surface area contributed by atoms with Crippen LogP contribution < -0.4 is 0 Å². The summed E-state index contributed by atoms with van der Waals surface area (Å²) < 4.78 is 2.15. The molecular formula is C15H12N2. The van der Waals surface area contributed by atoms with Gasteiger partial charge in [-0.25, -0.2) is 0 Å². The van der Waals surface area contributed by atoms with Crippen LogP contribution in [-0.2, 0) is 7.05 Å². The predicted molar refractivity (Wildman–Crippen MR) is 69.9 cm³/mol. The summed E-state index contributed by atoms with van der Waals surface area (Å²) in [4.78, 5) is 0. The fraction of sp³-hybridized carbons (Fsp3) is 0.133. The van der Waals surface area contributed by atoms with Crippen LogP contribution in [0.4, 0.5) is 0 Å². The van der Waals surface area contributed by atoms with Gasteiger partial charge < -0.3 is 4.57 Å². The molecule has 1 aromatic heterocycles. The quantitative estimate of drug-likeness (QED) is 0.570. The Kier molecular flexibility index (Phi) is 1.96. The van der Waals surface area contributed by atoms with Crippen molar-refractivity contribution in [1.82, 2.24) is 4.57 Å². The highest BCUT2D eigenvalue weighted by atomic mass is 14.9. The first kappa shape index (κ1) is 9.92. The molecule has 0 saturated carbocycles. The molecule has 2 nitrogen and oxygen atoms in total. The number of aryl methyl sites for hydroxylation is 2. The van der Waals surface area contributed by atoms with Crippen LogP contribution in [0.15, 0.2) is 36.4 Å². The Labute approximate surface area is 99.7 Å². The maximum absolute atomic E-state index is 8.95. The number of nitrogens with zero attached hydrogens (tertiary/aromatic N) is 2. The molecule has 0 spiro atoms. The number of aromatic nitrogens is 1. The maximum atomic E-state index is 8.95. The predicted octanol–water partition coefficient (Wildman–Crippen LogP) is 3.51. The number of fused-ring (bicyclic) bond motifs is 3. The minimum Gasteiger partial charge on any atom is -0.344 e. The molecule has 0 atom stereocenters. The summed E-state index contributed by atoms with van der Waals surface area (Å²) in [6.45, 7) is 2.10. The number of benzene rings is 2. The number of hydrogen-bond donors (Lipinski definition) is 0. The van der Waals surface area contributed by atoms with E-state index in [4.69, 9.17) is 5.26 Å². The first-order valence-electron chi connectivity index (χ1n) is 5.59. The van der Waals surface area contributed by atoms with Crippen LogP contribution in [0.1, 0.15) is 11.1 Å². The van der Waals surface area contributed by atoms with E-state index in [9.17, 15) is 0 Å². The van der Waals surface area contributed by atoms with Gasteiger partial charge in [0.15, 0.2) is 0 Å². The van der Waals surface area contributed by atoms with Gasteiger partial charge >= 0.3 is 0 Å². The van der Waals surface area contributed by atoms with Gasteiger partial charge in [0, 0.05) is 23.3 Å². The molecule has 3 rings (SSSR count). The average molecular weight is 220 g/mol. The van der Waals surface area contributed by atoms with Crippen molar-refractivity contribution in [2.45, 2.75) is 6.92 Å². The Balaban J connectivity index is 2.54. The van der Waals surface area contributed by atoms with Crippen molar-refractivity contribution < 1.29 is 0 Å². The van der Waals surface area contributed by atoms with Crippen molar-refractivity contribution in [3.05, 3.63) is 47.5 Å². The van der Waals surface area contributed by atoms with E-state index in [-0.39, 0.29) is 0 Å². The molecule has 0 amide bonds. The lowest BCUT2D eigenvalue weighted by molar-refractivity contribution is 1.01. The van der Waals surface area contributed by atoms with Crippen LogP contribution >= 0.6 is 0 Å². The van der Waals surface area contributed by atoms with Crippen molar-refractivity contribution in [1.29, 1.82) is 5.26 Å². The first-order chi connectivity index (χ1) is 8.20. The van der Waals surface area contributed by atoms with Gasteiger partial charge in [-0.3, -0.25) is 0 Å². The third-order valence-electron chi connectivity index (χ3n) is 3.29. The Hall–Kier alpha value is -2.27. The Morgan fingerprint density at radius 3 is 2.35 bits per heavy atom. The van der Waals surface area contributed by atoms with Gasteiger partial charge in [-0.1, -0.05) is 18.2 Å². The van der Waals surface area contributed by atoms with Gasteiger partial charge in [-0.15, -0.1) is 0 Å². The second-order valence-electron chi connectivity index (χ2n) is 4.42.